The number of aliphatic hydroxyl groups is 1. The predicted molar refractivity (Wildman–Crippen MR) is 428 cm³/mol. The van der Waals surface area contributed by atoms with Crippen LogP contribution in [0.25, 0.3) is 0 Å². The van der Waals surface area contributed by atoms with Gasteiger partial charge in [-0.25, -0.2) is 9.13 Å². The quantitative estimate of drug-likeness (QED) is 0.0222. The predicted octanol–water partition coefficient (Wildman–Crippen LogP) is 25.8. The molecule has 0 fully saturated rings. The summed E-state index contributed by atoms with van der Waals surface area (Å²) in [6.07, 6.45) is 68.1. The molecule has 0 aliphatic heterocycles. The van der Waals surface area contributed by atoms with Crippen LogP contribution in [0.4, 0.5) is 0 Å². The van der Waals surface area contributed by atoms with Crippen LogP contribution in [0.15, 0.2) is 0 Å². The number of aliphatic hydroxyl groups excluding tert-OH is 1. The summed E-state index contributed by atoms with van der Waals surface area (Å²) in [6.45, 7) is 9.71. The average molecular weight is 1520 g/mol. The zero-order chi connectivity index (χ0) is 76.4. The highest BCUT2D eigenvalue weighted by molar-refractivity contribution is 7.47. The summed E-state index contributed by atoms with van der Waals surface area (Å²) in [7, 11) is -9.92. The fraction of sp³-hybridized carbons (Fsp3) is 0.953. The molecule has 19 heteroatoms. The molecule has 0 bridgehead atoms. The Morgan fingerprint density at radius 2 is 0.442 bits per heavy atom. The maximum Gasteiger partial charge on any atom is 0.472 e. The van der Waals surface area contributed by atoms with Crippen LogP contribution in [0.2, 0.25) is 0 Å². The summed E-state index contributed by atoms with van der Waals surface area (Å²) < 4.78 is 68.8. The first kappa shape index (κ1) is 102. The van der Waals surface area contributed by atoms with Gasteiger partial charge in [-0.1, -0.05) is 401 Å². The molecule has 5 atom stereocenters. The van der Waals surface area contributed by atoms with E-state index in [-0.39, 0.29) is 25.7 Å². The zero-order valence-electron chi connectivity index (χ0n) is 68.3. The lowest BCUT2D eigenvalue weighted by Crippen LogP contribution is -2.30. The molecule has 17 nitrogen and oxygen atoms in total. The van der Waals surface area contributed by atoms with Crippen molar-refractivity contribution in [3.05, 3.63) is 0 Å². The van der Waals surface area contributed by atoms with Crippen molar-refractivity contribution >= 4 is 39.5 Å². The minimum absolute atomic E-state index is 0.108. The molecular formula is C85H166O17P2. The molecule has 3 N–H and O–H groups in total. The van der Waals surface area contributed by atoms with Gasteiger partial charge in [0.05, 0.1) is 26.4 Å². The monoisotopic (exact) mass is 1520 g/mol. The van der Waals surface area contributed by atoms with E-state index in [0.717, 1.165) is 108 Å². The van der Waals surface area contributed by atoms with Gasteiger partial charge in [0.1, 0.15) is 19.3 Å². The third-order valence-corrected chi connectivity index (χ3v) is 21.9. The van der Waals surface area contributed by atoms with Crippen LogP contribution in [0.5, 0.6) is 0 Å². The van der Waals surface area contributed by atoms with E-state index in [0.29, 0.717) is 25.7 Å². The maximum absolute atomic E-state index is 13.1. The van der Waals surface area contributed by atoms with Crippen LogP contribution in [0.3, 0.4) is 0 Å². The highest BCUT2D eigenvalue weighted by atomic mass is 31.2. The van der Waals surface area contributed by atoms with E-state index in [1.54, 1.807) is 0 Å². The molecule has 0 aromatic rings. The van der Waals surface area contributed by atoms with Crippen molar-refractivity contribution in [2.75, 3.05) is 39.6 Å². The fourth-order valence-corrected chi connectivity index (χ4v) is 14.8. The van der Waals surface area contributed by atoms with E-state index in [1.807, 2.05) is 0 Å². The van der Waals surface area contributed by atoms with E-state index in [4.69, 9.17) is 37.0 Å². The number of hydrogen-bond acceptors (Lipinski definition) is 15. The number of phosphoric ester groups is 2. The van der Waals surface area contributed by atoms with Gasteiger partial charge in [-0.2, -0.15) is 0 Å². The van der Waals surface area contributed by atoms with Crippen molar-refractivity contribution in [3.63, 3.8) is 0 Å². The van der Waals surface area contributed by atoms with Gasteiger partial charge in [0.25, 0.3) is 0 Å². The zero-order valence-corrected chi connectivity index (χ0v) is 70.1. The molecule has 0 amide bonds. The molecule has 0 spiro atoms. The number of hydrogen-bond donors (Lipinski definition) is 3. The molecule has 618 valence electrons. The molecule has 0 aromatic carbocycles. The van der Waals surface area contributed by atoms with Crippen molar-refractivity contribution in [1.29, 1.82) is 0 Å². The Kier molecular flexibility index (Phi) is 75.0. The summed E-state index contributed by atoms with van der Waals surface area (Å²) in [5.74, 6) is -0.472. The fourth-order valence-electron chi connectivity index (χ4n) is 13.2. The molecule has 2 unspecified atom stereocenters. The molecular weight excluding hydrogens is 1350 g/mol. The lowest BCUT2D eigenvalue weighted by atomic mass is 10.0. The summed E-state index contributed by atoms with van der Waals surface area (Å²) in [4.78, 5) is 73.1. The molecule has 0 aliphatic carbocycles. The third kappa shape index (κ3) is 78.2. The number of rotatable bonds is 84. The Morgan fingerprint density at radius 3 is 0.654 bits per heavy atom. The lowest BCUT2D eigenvalue weighted by molar-refractivity contribution is -0.161. The molecule has 0 saturated carbocycles. The number of carbonyl (C=O) groups is 4. The standard InChI is InChI=1S/C85H166O17P2/c1-7-9-11-13-15-17-18-19-20-29-35-40-45-51-57-63-69-84(89)101-80(73-95-82(87)67-61-55-49-16-14-12-10-8-2)75-99-103(91,92)97-71-79(86)72-98-104(93,94)100-76-81(74-96-83(88)68-62-56-50-44-39-34-30-26-25-28-33-38-43-48-54-60-66-78(5)6)102-85(90)70-64-58-52-46-41-36-31-24-22-21-23-27-32-37-42-47-53-59-65-77(3)4/h77-81,86H,7-76H2,1-6H3,(H,91,92)(H,93,94)/t79-,80+,81+/m0/s1. The number of unbranched alkanes of at least 4 members (excludes halogenated alkanes) is 54. The van der Waals surface area contributed by atoms with Gasteiger partial charge < -0.3 is 33.8 Å². The number of ether oxygens (including phenoxy) is 4. The largest absolute Gasteiger partial charge is 0.472 e. The first-order valence-electron chi connectivity index (χ1n) is 44.0. The van der Waals surface area contributed by atoms with Gasteiger partial charge in [0.2, 0.25) is 0 Å². The van der Waals surface area contributed by atoms with Crippen LogP contribution in [0, 0.1) is 11.8 Å². The number of esters is 4. The van der Waals surface area contributed by atoms with Crippen molar-refractivity contribution < 1.29 is 80.2 Å². The SMILES string of the molecule is CCCCCCCCCCCCCCCCCCC(=O)O[C@H](COC(=O)CCCCCCCCCC)COP(=O)(O)OC[C@H](O)COP(=O)(O)OC[C@@H](COC(=O)CCCCCCCCCCCCCCCCCCC(C)C)OC(=O)CCCCCCCCCCCCCCCCCCCCC(C)C. The molecule has 0 aliphatic rings. The van der Waals surface area contributed by atoms with Gasteiger partial charge in [-0.15, -0.1) is 0 Å². The van der Waals surface area contributed by atoms with E-state index in [2.05, 4.69) is 41.5 Å². The lowest BCUT2D eigenvalue weighted by Gasteiger charge is -2.21. The van der Waals surface area contributed by atoms with E-state index < -0.39 is 97.5 Å². The highest BCUT2D eigenvalue weighted by Crippen LogP contribution is 2.45. The molecule has 0 heterocycles. The normalized spacial score (nSPS) is 13.8. The van der Waals surface area contributed by atoms with E-state index in [1.165, 1.54) is 263 Å². The molecule has 0 saturated heterocycles. The summed E-state index contributed by atoms with van der Waals surface area (Å²) in [6, 6.07) is 0. The first-order valence-corrected chi connectivity index (χ1v) is 47.0. The van der Waals surface area contributed by atoms with Crippen LogP contribution in [-0.2, 0) is 65.4 Å². The Bertz CT molecular complexity index is 1990. The average Bonchev–Trinajstić information content (AvgIpc) is 0.933. The summed E-state index contributed by atoms with van der Waals surface area (Å²) in [5, 5.41) is 10.7. The topological polar surface area (TPSA) is 237 Å². The van der Waals surface area contributed by atoms with Gasteiger partial charge in [0, 0.05) is 25.7 Å². The number of phosphoric acid groups is 2. The van der Waals surface area contributed by atoms with Crippen molar-refractivity contribution in [2.45, 2.75) is 471 Å². The number of carbonyl (C=O) groups excluding carboxylic acids is 4. The Hall–Kier alpha value is -1.94. The Morgan fingerprint density at radius 1 is 0.260 bits per heavy atom. The van der Waals surface area contributed by atoms with Gasteiger partial charge >= 0.3 is 39.5 Å². The maximum atomic E-state index is 13.1. The molecule has 0 rings (SSSR count). The molecule has 104 heavy (non-hydrogen) atoms. The van der Waals surface area contributed by atoms with E-state index in [9.17, 15) is 43.2 Å². The summed E-state index contributed by atoms with van der Waals surface area (Å²) >= 11 is 0. The van der Waals surface area contributed by atoms with Gasteiger partial charge in [0.15, 0.2) is 12.2 Å². The van der Waals surface area contributed by atoms with Crippen molar-refractivity contribution in [2.24, 2.45) is 11.8 Å². The Balaban J connectivity index is 5.19. The minimum atomic E-state index is -4.96. The van der Waals surface area contributed by atoms with E-state index >= 15 is 0 Å². The summed E-state index contributed by atoms with van der Waals surface area (Å²) in [5.41, 5.74) is 0. The second kappa shape index (κ2) is 76.4. The second-order valence-corrected chi connectivity index (χ2v) is 34.4. The molecule has 0 aromatic heterocycles. The van der Waals surface area contributed by atoms with Gasteiger partial charge in [-0.3, -0.25) is 37.3 Å². The smallest absolute Gasteiger partial charge is 0.462 e. The van der Waals surface area contributed by atoms with Crippen LogP contribution < -0.4 is 0 Å². The van der Waals surface area contributed by atoms with Crippen LogP contribution in [0.1, 0.15) is 452 Å². The highest BCUT2D eigenvalue weighted by Gasteiger charge is 2.30. The first-order chi connectivity index (χ1) is 50.4. The van der Waals surface area contributed by atoms with Gasteiger partial charge in [-0.05, 0) is 37.5 Å². The Labute approximate surface area is 638 Å². The minimum Gasteiger partial charge on any atom is -0.462 e. The van der Waals surface area contributed by atoms with Crippen LogP contribution in [-0.4, -0.2) is 96.7 Å². The van der Waals surface area contributed by atoms with Crippen molar-refractivity contribution in [3.8, 4) is 0 Å². The molecule has 0 radical (unpaired) electrons. The third-order valence-electron chi connectivity index (χ3n) is 20.0. The van der Waals surface area contributed by atoms with Crippen molar-refractivity contribution in [1.82, 2.24) is 0 Å². The van der Waals surface area contributed by atoms with Crippen LogP contribution >= 0.6 is 15.6 Å². The second-order valence-electron chi connectivity index (χ2n) is 31.5.